The van der Waals surface area contributed by atoms with Gasteiger partial charge in [0.05, 0.1) is 0 Å². The summed E-state index contributed by atoms with van der Waals surface area (Å²) in [6.45, 7) is 8.69. The molecule has 9 aromatic carbocycles. The Morgan fingerprint density at radius 3 is 0.985 bits per heavy atom. The molecular weight excluding hydrogens is 821 g/mol. The maximum absolute atomic E-state index is 2.33. The van der Waals surface area contributed by atoms with Gasteiger partial charge in [0.1, 0.15) is 0 Å². The van der Waals surface area contributed by atoms with E-state index in [2.05, 4.69) is 304 Å². The van der Waals surface area contributed by atoms with Crippen molar-refractivity contribution in [2.75, 3.05) is 9.80 Å². The molecule has 0 atom stereocenters. The topological polar surface area (TPSA) is 6.48 Å². The molecule has 0 aliphatic rings. The Bertz CT molecular complexity index is 3000. The zero-order valence-electron chi connectivity index (χ0n) is 39.3. The van der Waals surface area contributed by atoms with Crippen LogP contribution in [0.3, 0.4) is 0 Å². The fourth-order valence-electron chi connectivity index (χ4n) is 8.57. The highest BCUT2D eigenvalue weighted by Crippen LogP contribution is 2.40. The first kappa shape index (κ1) is 44.7. The molecule has 0 aromatic heterocycles. The number of benzene rings is 9. The van der Waals surface area contributed by atoms with Gasteiger partial charge in [0, 0.05) is 34.1 Å². The highest BCUT2D eigenvalue weighted by atomic mass is 15.2. The standard InChI is InChI=1S/C66H56N2/c1-49-34-40-57(46-51(49)3)65(55-22-9-5-10-23-55)32-17-20-53-36-42-61(43-37-53)67(59-26-13-7-14-27-59)63-30-19-31-64(48-63)68(60-28-15-8-16-29-60)62-44-38-54(39-45-62)21-18-33-66(56-24-11-6-12-25-56)58-41-35-50(2)52(4)47-58/h5-48H,1-4H3/b20-17+,21-18+,65-32+,66-33+. The van der Waals surface area contributed by atoms with E-state index in [4.69, 9.17) is 0 Å². The third kappa shape index (κ3) is 10.6. The van der Waals surface area contributed by atoms with Gasteiger partial charge in [0.25, 0.3) is 0 Å². The van der Waals surface area contributed by atoms with Crippen LogP contribution in [-0.2, 0) is 0 Å². The van der Waals surface area contributed by atoms with E-state index in [-0.39, 0.29) is 0 Å². The summed E-state index contributed by atoms with van der Waals surface area (Å²) in [6, 6.07) is 82.4. The second kappa shape index (κ2) is 21.2. The first-order valence-electron chi connectivity index (χ1n) is 23.4. The van der Waals surface area contributed by atoms with E-state index < -0.39 is 0 Å². The summed E-state index contributed by atoms with van der Waals surface area (Å²) in [5, 5.41) is 0. The fraction of sp³-hybridized carbons (Fsp3) is 0.0606. The molecule has 0 spiro atoms. The Kier molecular flexibility index (Phi) is 14.0. The van der Waals surface area contributed by atoms with E-state index in [1.807, 2.05) is 0 Å². The fourth-order valence-corrected chi connectivity index (χ4v) is 8.57. The van der Waals surface area contributed by atoms with Crippen molar-refractivity contribution in [2.24, 2.45) is 0 Å². The summed E-state index contributed by atoms with van der Waals surface area (Å²) >= 11 is 0. The molecule has 9 rings (SSSR count). The van der Waals surface area contributed by atoms with E-state index in [9.17, 15) is 0 Å². The number of hydrogen-bond donors (Lipinski definition) is 0. The van der Waals surface area contributed by atoms with Crippen LogP contribution in [0.4, 0.5) is 34.1 Å². The van der Waals surface area contributed by atoms with Crippen LogP contribution in [0.5, 0.6) is 0 Å². The summed E-state index contributed by atoms with van der Waals surface area (Å²) < 4.78 is 0. The van der Waals surface area contributed by atoms with Crippen LogP contribution in [0, 0.1) is 27.7 Å². The molecule has 0 bridgehead atoms. The van der Waals surface area contributed by atoms with Crippen molar-refractivity contribution in [3.05, 3.63) is 310 Å². The molecule has 0 amide bonds. The highest BCUT2D eigenvalue weighted by Gasteiger charge is 2.17. The van der Waals surface area contributed by atoms with Crippen molar-refractivity contribution in [3.8, 4) is 0 Å². The summed E-state index contributed by atoms with van der Waals surface area (Å²) in [7, 11) is 0. The van der Waals surface area contributed by atoms with Gasteiger partial charge >= 0.3 is 0 Å². The van der Waals surface area contributed by atoms with Gasteiger partial charge in [0.2, 0.25) is 0 Å². The Morgan fingerprint density at radius 2 is 0.618 bits per heavy atom. The number of anilines is 6. The predicted molar refractivity (Wildman–Crippen MR) is 293 cm³/mol. The van der Waals surface area contributed by atoms with Crippen LogP contribution in [-0.4, -0.2) is 0 Å². The predicted octanol–water partition coefficient (Wildman–Crippen LogP) is 18.2. The first-order valence-corrected chi connectivity index (χ1v) is 23.4. The lowest BCUT2D eigenvalue weighted by Gasteiger charge is -2.29. The van der Waals surface area contributed by atoms with Crippen molar-refractivity contribution in [1.29, 1.82) is 0 Å². The van der Waals surface area contributed by atoms with Gasteiger partial charge in [-0.2, -0.15) is 0 Å². The van der Waals surface area contributed by atoms with Gasteiger partial charge in [-0.05, 0) is 161 Å². The van der Waals surface area contributed by atoms with Gasteiger partial charge in [0.15, 0.2) is 0 Å². The highest BCUT2D eigenvalue weighted by molar-refractivity contribution is 5.85. The zero-order chi connectivity index (χ0) is 46.7. The molecule has 0 saturated carbocycles. The third-order valence-corrected chi connectivity index (χ3v) is 12.6. The average molecular weight is 877 g/mol. The van der Waals surface area contributed by atoms with E-state index in [0.29, 0.717) is 0 Å². The monoisotopic (exact) mass is 876 g/mol. The molecule has 9 aromatic rings. The van der Waals surface area contributed by atoms with Crippen LogP contribution in [0.1, 0.15) is 55.6 Å². The summed E-state index contributed by atoms with van der Waals surface area (Å²) in [4.78, 5) is 4.66. The first-order chi connectivity index (χ1) is 33.4. The van der Waals surface area contributed by atoms with Crippen LogP contribution >= 0.6 is 0 Å². The van der Waals surface area contributed by atoms with Crippen molar-refractivity contribution < 1.29 is 0 Å². The molecule has 0 N–H and O–H groups in total. The summed E-state index contributed by atoms with van der Waals surface area (Å²) in [5.41, 5.74) is 21.1. The normalized spacial score (nSPS) is 11.9. The summed E-state index contributed by atoms with van der Waals surface area (Å²) in [5.74, 6) is 0. The quantitative estimate of drug-likeness (QED) is 0.100. The zero-order valence-corrected chi connectivity index (χ0v) is 39.3. The Balaban J connectivity index is 1.01. The third-order valence-electron chi connectivity index (χ3n) is 12.6. The largest absolute Gasteiger partial charge is 0.310 e. The van der Waals surface area contributed by atoms with Gasteiger partial charge in [-0.25, -0.2) is 0 Å². The number of rotatable bonds is 14. The molecule has 0 unspecified atom stereocenters. The molecule has 0 saturated heterocycles. The molecule has 0 aliphatic carbocycles. The van der Waals surface area contributed by atoms with Gasteiger partial charge < -0.3 is 9.80 Å². The number of aryl methyl sites for hydroxylation is 4. The van der Waals surface area contributed by atoms with Crippen molar-refractivity contribution in [1.82, 2.24) is 0 Å². The van der Waals surface area contributed by atoms with Gasteiger partial charge in [-0.15, -0.1) is 0 Å². The smallest absolute Gasteiger partial charge is 0.0482 e. The minimum absolute atomic E-state index is 1.06. The van der Waals surface area contributed by atoms with Crippen molar-refractivity contribution in [3.63, 3.8) is 0 Å². The maximum atomic E-state index is 2.33. The lowest BCUT2D eigenvalue weighted by Crippen LogP contribution is -2.13. The second-order valence-electron chi connectivity index (χ2n) is 17.3. The lowest BCUT2D eigenvalue weighted by atomic mass is 9.94. The average Bonchev–Trinajstić information content (AvgIpc) is 3.38. The Morgan fingerprint density at radius 1 is 0.279 bits per heavy atom. The van der Waals surface area contributed by atoms with Gasteiger partial charge in [-0.1, -0.05) is 200 Å². The number of para-hydroxylation sites is 2. The molecule has 0 fully saturated rings. The van der Waals surface area contributed by atoms with E-state index in [1.54, 1.807) is 0 Å². The molecular formula is C66H56N2. The number of hydrogen-bond acceptors (Lipinski definition) is 2. The number of allylic oxidation sites excluding steroid dienone is 4. The number of nitrogens with zero attached hydrogens (tertiary/aromatic N) is 2. The molecule has 2 nitrogen and oxygen atoms in total. The molecule has 0 heterocycles. The van der Waals surface area contributed by atoms with Crippen LogP contribution < -0.4 is 9.80 Å². The van der Waals surface area contributed by atoms with E-state index in [0.717, 1.165) is 45.3 Å². The molecule has 0 aliphatic heterocycles. The van der Waals surface area contributed by atoms with Crippen molar-refractivity contribution >= 4 is 57.4 Å². The lowest BCUT2D eigenvalue weighted by molar-refractivity contribution is 1.25. The molecule has 2 heteroatoms. The molecule has 68 heavy (non-hydrogen) atoms. The SMILES string of the molecule is Cc1ccc(/C(=C/C=C/c2ccc(N(c3ccccc3)c3cccc(N(c4ccccc4)c4ccc(/C=C/C=C(\c5ccccc5)c5ccc(C)c(C)c5)cc4)c3)cc2)c2ccccc2)cc1C. The minimum Gasteiger partial charge on any atom is -0.310 e. The van der Waals surface area contributed by atoms with Gasteiger partial charge in [-0.3, -0.25) is 0 Å². The second-order valence-corrected chi connectivity index (χ2v) is 17.3. The maximum Gasteiger partial charge on any atom is 0.0482 e. The Labute approximate surface area is 403 Å². The van der Waals surface area contributed by atoms with E-state index in [1.165, 1.54) is 55.7 Å². The van der Waals surface area contributed by atoms with Crippen molar-refractivity contribution in [2.45, 2.75) is 27.7 Å². The van der Waals surface area contributed by atoms with Crippen LogP contribution in [0.25, 0.3) is 23.3 Å². The minimum atomic E-state index is 1.06. The van der Waals surface area contributed by atoms with Crippen LogP contribution in [0.15, 0.2) is 255 Å². The molecule has 0 radical (unpaired) electrons. The Hall–Kier alpha value is -8.46. The molecule has 330 valence electrons. The van der Waals surface area contributed by atoms with E-state index >= 15 is 0 Å². The van der Waals surface area contributed by atoms with Crippen LogP contribution in [0.2, 0.25) is 0 Å². The summed E-state index contributed by atoms with van der Waals surface area (Å²) in [6.07, 6.45) is 13.2.